The van der Waals surface area contributed by atoms with E-state index in [1.165, 1.54) is 0 Å². The van der Waals surface area contributed by atoms with Crippen LogP contribution in [0.2, 0.25) is 0 Å². The van der Waals surface area contributed by atoms with Crippen LogP contribution in [0.25, 0.3) is 0 Å². The molecule has 0 aliphatic heterocycles. The number of carbonyl (C=O) groups is 3. The summed E-state index contributed by atoms with van der Waals surface area (Å²) in [5.74, 6) is -4.97. The lowest BCUT2D eigenvalue weighted by Crippen LogP contribution is -2.59. The van der Waals surface area contributed by atoms with Crippen LogP contribution in [0.4, 0.5) is 0 Å². The monoisotopic (exact) mass is 483 g/mol. The molecule has 198 valence electrons. The number of unbranched alkanes of at least 4 members (excludes halogenated alkanes) is 6. The highest BCUT2D eigenvalue weighted by atomic mass is 16.4. The van der Waals surface area contributed by atoms with E-state index in [0.717, 1.165) is 51.4 Å². The number of nitrogens with zero attached hydrogens (tertiary/aromatic N) is 1. The average molecular weight is 484 g/mol. The topological polar surface area (TPSA) is 115 Å². The van der Waals surface area contributed by atoms with Crippen LogP contribution < -0.4 is 5.11 Å². The lowest BCUT2D eigenvalue weighted by molar-refractivity contribution is -0.935. The van der Waals surface area contributed by atoms with Crippen molar-refractivity contribution in [2.75, 3.05) is 26.2 Å². The molecule has 7 nitrogen and oxygen atoms in total. The second kappa shape index (κ2) is 18.4. The Balaban J connectivity index is 5.46. The first kappa shape index (κ1) is 32.1. The first-order chi connectivity index (χ1) is 16.2. The molecular formula is C27H49NO6. The molecule has 3 unspecified atom stereocenters. The molecule has 0 radical (unpaired) electrons. The summed E-state index contributed by atoms with van der Waals surface area (Å²) in [6.07, 6.45) is 14.2. The van der Waals surface area contributed by atoms with Crippen molar-refractivity contribution in [1.29, 1.82) is 0 Å². The quantitative estimate of drug-likeness (QED) is 0.133. The third kappa shape index (κ3) is 13.1. The predicted molar refractivity (Wildman–Crippen MR) is 133 cm³/mol. The van der Waals surface area contributed by atoms with Gasteiger partial charge in [-0.2, -0.15) is 0 Å². The highest BCUT2D eigenvalue weighted by molar-refractivity contribution is 5.70. The molecule has 34 heavy (non-hydrogen) atoms. The number of hydrogen-bond acceptors (Lipinski definition) is 4. The lowest BCUT2D eigenvalue weighted by Gasteiger charge is -2.44. The maximum atomic E-state index is 11.9. The zero-order valence-electron chi connectivity index (χ0n) is 22.0. The van der Waals surface area contributed by atoms with Crippen LogP contribution in [0.1, 0.15) is 98.3 Å². The van der Waals surface area contributed by atoms with E-state index < -0.39 is 35.7 Å². The smallest absolute Gasteiger partial charge is 0.312 e. The van der Waals surface area contributed by atoms with Crippen molar-refractivity contribution in [3.63, 3.8) is 0 Å². The number of rotatable bonds is 22. The van der Waals surface area contributed by atoms with E-state index in [4.69, 9.17) is 0 Å². The first-order valence-electron chi connectivity index (χ1n) is 13.3. The Morgan fingerprint density at radius 1 is 0.706 bits per heavy atom. The Morgan fingerprint density at radius 2 is 1.15 bits per heavy atom. The van der Waals surface area contributed by atoms with Crippen molar-refractivity contribution in [3.05, 3.63) is 12.2 Å². The second-order valence-corrected chi connectivity index (χ2v) is 9.74. The number of hydrogen-bond donors (Lipinski definition) is 2. The van der Waals surface area contributed by atoms with Crippen LogP contribution in [-0.2, 0) is 14.4 Å². The van der Waals surface area contributed by atoms with Gasteiger partial charge < -0.3 is 24.6 Å². The fourth-order valence-corrected chi connectivity index (χ4v) is 4.68. The largest absolute Gasteiger partial charge is 0.550 e. The van der Waals surface area contributed by atoms with Gasteiger partial charge in [-0.25, -0.2) is 0 Å². The third-order valence-electron chi connectivity index (χ3n) is 6.96. The summed E-state index contributed by atoms with van der Waals surface area (Å²) < 4.78 is 0.210. The minimum Gasteiger partial charge on any atom is -0.550 e. The molecule has 0 aromatic rings. The zero-order valence-corrected chi connectivity index (χ0v) is 22.0. The molecule has 0 aliphatic rings. The molecule has 0 aromatic carbocycles. The Kier molecular flexibility index (Phi) is 17.4. The predicted octanol–water partition coefficient (Wildman–Crippen LogP) is 4.50. The molecule has 0 amide bonds. The molecule has 0 bridgehead atoms. The van der Waals surface area contributed by atoms with Gasteiger partial charge in [-0.15, -0.1) is 0 Å². The van der Waals surface area contributed by atoms with Gasteiger partial charge in [0, 0.05) is 5.92 Å². The Labute approximate surface area is 206 Å². The van der Waals surface area contributed by atoms with Crippen LogP contribution in [0.15, 0.2) is 12.2 Å². The summed E-state index contributed by atoms with van der Waals surface area (Å²) in [5, 5.41) is 31.2. The minimum atomic E-state index is -1.15. The average Bonchev–Trinajstić information content (AvgIpc) is 2.79. The molecular weight excluding hydrogens is 434 g/mol. The van der Waals surface area contributed by atoms with Crippen LogP contribution in [0.5, 0.6) is 0 Å². The van der Waals surface area contributed by atoms with Crippen molar-refractivity contribution < 1.29 is 34.2 Å². The highest BCUT2D eigenvalue weighted by Crippen LogP contribution is 2.25. The van der Waals surface area contributed by atoms with E-state index in [9.17, 15) is 29.7 Å². The van der Waals surface area contributed by atoms with Gasteiger partial charge in [0.1, 0.15) is 11.8 Å². The van der Waals surface area contributed by atoms with Gasteiger partial charge in [0.2, 0.25) is 0 Å². The van der Waals surface area contributed by atoms with Crippen molar-refractivity contribution in [1.82, 2.24) is 0 Å². The van der Waals surface area contributed by atoms with Crippen LogP contribution in [-0.4, -0.2) is 58.8 Å². The van der Waals surface area contributed by atoms with E-state index in [2.05, 4.69) is 19.1 Å². The van der Waals surface area contributed by atoms with Gasteiger partial charge in [0.05, 0.1) is 32.1 Å². The second-order valence-electron chi connectivity index (χ2n) is 9.74. The van der Waals surface area contributed by atoms with Crippen molar-refractivity contribution in [2.24, 2.45) is 17.8 Å². The summed E-state index contributed by atoms with van der Waals surface area (Å²) in [6.45, 7) is 8.88. The number of carboxylic acids is 3. The fourth-order valence-electron chi connectivity index (χ4n) is 4.68. The van der Waals surface area contributed by atoms with E-state index in [0.29, 0.717) is 25.8 Å². The number of carboxylic acid groups (broad SMARTS) is 3. The maximum Gasteiger partial charge on any atom is 0.312 e. The number of aliphatic carboxylic acids is 3. The number of carbonyl (C=O) groups excluding carboxylic acids is 1. The molecule has 0 aliphatic carbocycles. The SMILES string of the molecule is CCC/C=C/CCCCCCC[N+](CC(CC)C(=O)[O-])(CC(CC)C(=O)O)CC(CC)C(=O)O. The fraction of sp³-hybridized carbons (Fsp3) is 0.815. The summed E-state index contributed by atoms with van der Waals surface area (Å²) in [5.41, 5.74) is 0. The highest BCUT2D eigenvalue weighted by Gasteiger charge is 2.39. The number of allylic oxidation sites excluding steroid dienone is 2. The molecule has 2 N–H and O–H groups in total. The molecule has 0 spiro atoms. The number of quaternary nitrogens is 1. The summed E-state index contributed by atoms with van der Waals surface area (Å²) in [7, 11) is 0. The Hall–Kier alpha value is -1.89. The third-order valence-corrected chi connectivity index (χ3v) is 6.96. The van der Waals surface area contributed by atoms with Gasteiger partial charge in [-0.1, -0.05) is 59.1 Å². The van der Waals surface area contributed by atoms with Gasteiger partial charge in [0.15, 0.2) is 0 Å². The molecule has 0 heterocycles. The summed E-state index contributed by atoms with van der Waals surface area (Å²) in [6, 6.07) is 0. The van der Waals surface area contributed by atoms with Gasteiger partial charge in [-0.05, 0) is 51.4 Å². The molecule has 0 saturated heterocycles. The molecule has 0 rings (SSSR count). The van der Waals surface area contributed by atoms with Crippen molar-refractivity contribution in [3.8, 4) is 0 Å². The van der Waals surface area contributed by atoms with Crippen LogP contribution in [0, 0.1) is 17.8 Å². The van der Waals surface area contributed by atoms with Gasteiger partial charge >= 0.3 is 11.9 Å². The van der Waals surface area contributed by atoms with Gasteiger partial charge in [-0.3, -0.25) is 9.59 Å². The van der Waals surface area contributed by atoms with Gasteiger partial charge in [0.25, 0.3) is 0 Å². The van der Waals surface area contributed by atoms with Crippen molar-refractivity contribution >= 4 is 17.9 Å². The van der Waals surface area contributed by atoms with Crippen molar-refractivity contribution in [2.45, 2.75) is 98.3 Å². The summed E-state index contributed by atoms with van der Waals surface area (Å²) in [4.78, 5) is 35.5. The molecule has 0 fully saturated rings. The van der Waals surface area contributed by atoms with Crippen LogP contribution in [0.3, 0.4) is 0 Å². The zero-order chi connectivity index (χ0) is 26.0. The molecule has 0 saturated carbocycles. The summed E-state index contributed by atoms with van der Waals surface area (Å²) >= 11 is 0. The Bertz CT molecular complexity index is 558. The molecule has 7 heteroatoms. The van der Waals surface area contributed by atoms with E-state index in [1.54, 1.807) is 6.92 Å². The Morgan fingerprint density at radius 3 is 1.59 bits per heavy atom. The van der Waals surface area contributed by atoms with Crippen LogP contribution >= 0.6 is 0 Å². The molecule has 0 aromatic heterocycles. The normalized spacial score (nSPS) is 16.1. The standard InChI is InChI=1S/C27H49NO6/c1-5-9-10-11-12-13-14-15-16-17-18-28(19-22(6-2)25(29)30,20-23(7-3)26(31)32)21-24(8-4)27(33)34/h10-11,22-24H,5-9,12-21H2,1-4H3,(H2-,29,30,31,32,33,34)/b11-10+. The van der Waals surface area contributed by atoms with E-state index in [1.807, 2.05) is 13.8 Å². The maximum absolute atomic E-state index is 11.9. The van der Waals surface area contributed by atoms with E-state index in [-0.39, 0.29) is 24.1 Å². The van der Waals surface area contributed by atoms with E-state index >= 15 is 0 Å². The molecule has 3 atom stereocenters. The lowest BCUT2D eigenvalue weighted by atomic mass is 9.95. The first-order valence-corrected chi connectivity index (χ1v) is 13.3. The minimum absolute atomic E-state index is 0.210.